The van der Waals surface area contributed by atoms with Gasteiger partial charge in [-0.25, -0.2) is 4.98 Å². The molecule has 1 amide bonds. The number of amides is 1. The molecule has 0 bridgehead atoms. The van der Waals surface area contributed by atoms with Crippen molar-refractivity contribution >= 4 is 23.2 Å². The van der Waals surface area contributed by atoms with Gasteiger partial charge in [-0.3, -0.25) is 19.6 Å². The van der Waals surface area contributed by atoms with Crippen LogP contribution in [0.25, 0.3) is 0 Å². The normalized spacial score (nSPS) is 15.0. The molecule has 3 N–H and O–H groups in total. The van der Waals surface area contributed by atoms with Gasteiger partial charge in [0.05, 0.1) is 31.8 Å². The van der Waals surface area contributed by atoms with Gasteiger partial charge in [0, 0.05) is 51.5 Å². The largest absolute Gasteiger partial charge is 0.493 e. The maximum atomic E-state index is 13.1. The molecule has 0 unspecified atom stereocenters. The van der Waals surface area contributed by atoms with E-state index < -0.39 is 11.5 Å². The van der Waals surface area contributed by atoms with Crippen LogP contribution in [0.15, 0.2) is 41.5 Å². The second kappa shape index (κ2) is 9.63. The van der Waals surface area contributed by atoms with Gasteiger partial charge in [0.2, 0.25) is 5.95 Å². The molecule has 1 aromatic carbocycles. The van der Waals surface area contributed by atoms with Crippen LogP contribution in [0.4, 0.5) is 17.3 Å². The zero-order chi connectivity index (χ0) is 24.4. The first kappa shape index (κ1) is 22.7. The van der Waals surface area contributed by atoms with Crippen molar-refractivity contribution < 1.29 is 14.3 Å². The average Bonchev–Trinajstić information content (AvgIpc) is 3.31. The zero-order valence-corrected chi connectivity index (χ0v) is 19.6. The van der Waals surface area contributed by atoms with Crippen LogP contribution < -0.4 is 35.5 Å². The lowest BCUT2D eigenvalue weighted by atomic mass is 10.1. The van der Waals surface area contributed by atoms with Crippen LogP contribution in [0.5, 0.6) is 11.5 Å². The second-order valence-corrected chi connectivity index (χ2v) is 8.37. The Bertz CT molecular complexity index is 1270. The summed E-state index contributed by atoms with van der Waals surface area (Å²) in [5, 5.41) is 6.20. The average molecular weight is 478 g/mol. The van der Waals surface area contributed by atoms with Gasteiger partial charge in [0.1, 0.15) is 5.69 Å². The lowest BCUT2D eigenvalue weighted by Crippen LogP contribution is -2.43. The van der Waals surface area contributed by atoms with Gasteiger partial charge in [-0.2, -0.15) is 0 Å². The number of fused-ring (bicyclic) bond motifs is 1. The van der Waals surface area contributed by atoms with E-state index in [1.807, 2.05) is 23.1 Å². The van der Waals surface area contributed by atoms with Crippen molar-refractivity contribution in [1.82, 2.24) is 20.3 Å². The third-order valence-electron chi connectivity index (χ3n) is 6.19. The number of methoxy groups -OCH3 is 2. The highest BCUT2D eigenvalue weighted by Crippen LogP contribution is 2.35. The fourth-order valence-electron chi connectivity index (χ4n) is 4.44. The summed E-state index contributed by atoms with van der Waals surface area (Å²) < 4.78 is 10.8. The highest BCUT2D eigenvalue weighted by molar-refractivity contribution is 6.04. The molecule has 182 valence electrons. The first-order valence-corrected chi connectivity index (χ1v) is 11.4. The number of hydrogen-bond donors (Lipinski definition) is 3. The minimum atomic E-state index is -0.471. The van der Waals surface area contributed by atoms with E-state index in [4.69, 9.17) is 9.47 Å². The highest BCUT2D eigenvalue weighted by Gasteiger charge is 2.25. The molecule has 0 atom stereocenters. The Labute approximate surface area is 202 Å². The number of piperazine rings is 1. The van der Waals surface area contributed by atoms with Crippen LogP contribution in [-0.4, -0.2) is 61.3 Å². The van der Waals surface area contributed by atoms with E-state index in [1.165, 1.54) is 6.07 Å². The number of nitrogens with one attached hydrogen (secondary N) is 3. The van der Waals surface area contributed by atoms with E-state index >= 15 is 0 Å². The van der Waals surface area contributed by atoms with Crippen molar-refractivity contribution in [3.8, 4) is 11.5 Å². The van der Waals surface area contributed by atoms with E-state index in [1.54, 1.807) is 26.6 Å². The topological polar surface area (TPSA) is 125 Å². The third kappa shape index (κ3) is 4.62. The summed E-state index contributed by atoms with van der Waals surface area (Å²) in [6.45, 7) is 4.41. The van der Waals surface area contributed by atoms with E-state index in [2.05, 4.69) is 30.5 Å². The van der Waals surface area contributed by atoms with Gasteiger partial charge in [0.15, 0.2) is 11.5 Å². The maximum Gasteiger partial charge on any atom is 0.274 e. The minimum Gasteiger partial charge on any atom is -0.493 e. The quantitative estimate of drug-likeness (QED) is 0.483. The number of aromatic nitrogens is 3. The van der Waals surface area contributed by atoms with E-state index in [0.717, 1.165) is 43.0 Å². The molecule has 11 heteroatoms. The number of aromatic amines is 1. The van der Waals surface area contributed by atoms with Crippen LogP contribution in [0, 0.1) is 0 Å². The van der Waals surface area contributed by atoms with Crippen molar-refractivity contribution in [2.24, 2.45) is 0 Å². The van der Waals surface area contributed by atoms with Crippen molar-refractivity contribution in [2.75, 3.05) is 55.5 Å². The summed E-state index contributed by atoms with van der Waals surface area (Å²) in [6.07, 6.45) is 3.31. The number of benzene rings is 1. The van der Waals surface area contributed by atoms with Crippen LogP contribution in [0.3, 0.4) is 0 Å². The smallest absolute Gasteiger partial charge is 0.274 e. The molecule has 4 heterocycles. The standard InChI is InChI=1S/C24H27N7O4/c1-34-20-9-15-13-31(14-16(15)10-21(20)35-2)24-28-17(11-22(32)29-24)23(33)27-18-12-26-4-3-19(18)30-7-5-25-6-8-30/h3-4,9-12,25H,5-8,13-14H2,1-2H3,(H,27,33)(H,28,29,32). The lowest BCUT2D eigenvalue weighted by molar-refractivity contribution is 0.102. The summed E-state index contributed by atoms with van der Waals surface area (Å²) >= 11 is 0. The number of rotatable bonds is 6. The number of pyridine rings is 1. The maximum absolute atomic E-state index is 13.1. The fraction of sp³-hybridized carbons (Fsp3) is 0.333. The Balaban J connectivity index is 1.38. The Morgan fingerprint density at radius 2 is 1.71 bits per heavy atom. The molecule has 1 fully saturated rings. The number of ether oxygens (including phenoxy) is 2. The summed E-state index contributed by atoms with van der Waals surface area (Å²) in [7, 11) is 3.18. The van der Waals surface area contributed by atoms with E-state index in [0.29, 0.717) is 36.2 Å². The molecule has 35 heavy (non-hydrogen) atoms. The molecule has 0 spiro atoms. The molecule has 2 aliphatic heterocycles. The first-order valence-electron chi connectivity index (χ1n) is 11.4. The summed E-state index contributed by atoms with van der Waals surface area (Å²) in [5.41, 5.74) is 3.17. The number of anilines is 3. The van der Waals surface area contributed by atoms with Crippen LogP contribution in [0.1, 0.15) is 21.6 Å². The van der Waals surface area contributed by atoms with Crippen LogP contribution >= 0.6 is 0 Å². The van der Waals surface area contributed by atoms with Gasteiger partial charge in [-0.05, 0) is 29.3 Å². The molecule has 0 radical (unpaired) electrons. The Hall–Kier alpha value is -4.12. The van der Waals surface area contributed by atoms with Crippen LogP contribution in [0.2, 0.25) is 0 Å². The number of carbonyl (C=O) groups is 1. The lowest BCUT2D eigenvalue weighted by Gasteiger charge is -2.30. The monoisotopic (exact) mass is 477 g/mol. The summed E-state index contributed by atoms with van der Waals surface area (Å²) in [5.74, 6) is 1.13. The molecule has 0 saturated carbocycles. The van der Waals surface area contributed by atoms with Crippen molar-refractivity contribution in [3.05, 3.63) is 63.8 Å². The molecular formula is C24H27N7O4. The van der Waals surface area contributed by atoms with Gasteiger partial charge in [-0.15, -0.1) is 0 Å². The molecule has 1 saturated heterocycles. The number of nitrogens with zero attached hydrogens (tertiary/aromatic N) is 4. The molecular weight excluding hydrogens is 450 g/mol. The molecule has 11 nitrogen and oxygen atoms in total. The first-order chi connectivity index (χ1) is 17.1. The summed E-state index contributed by atoms with van der Waals surface area (Å²) in [6, 6.07) is 6.92. The number of carbonyl (C=O) groups excluding carboxylic acids is 1. The van der Waals surface area contributed by atoms with Crippen LogP contribution in [-0.2, 0) is 13.1 Å². The number of hydrogen-bond acceptors (Lipinski definition) is 9. The SMILES string of the molecule is COc1cc2c(cc1OC)CN(c1nc(C(=O)Nc3cnccc3N3CCNCC3)cc(=O)[nH]1)C2. The van der Waals surface area contributed by atoms with Gasteiger partial charge in [-0.1, -0.05) is 0 Å². The number of H-pyrrole nitrogens is 1. The Morgan fingerprint density at radius 3 is 2.37 bits per heavy atom. The Kier molecular flexibility index (Phi) is 6.23. The second-order valence-electron chi connectivity index (χ2n) is 8.37. The molecule has 0 aliphatic carbocycles. The van der Waals surface area contributed by atoms with Gasteiger partial charge in [0.25, 0.3) is 11.5 Å². The molecule has 5 rings (SSSR count). The van der Waals surface area contributed by atoms with Crippen molar-refractivity contribution in [2.45, 2.75) is 13.1 Å². The van der Waals surface area contributed by atoms with E-state index in [-0.39, 0.29) is 5.69 Å². The minimum absolute atomic E-state index is 0.0324. The zero-order valence-electron chi connectivity index (χ0n) is 19.6. The molecule has 2 aliphatic rings. The predicted molar refractivity (Wildman–Crippen MR) is 132 cm³/mol. The van der Waals surface area contributed by atoms with Gasteiger partial charge < -0.3 is 29.9 Å². The molecule has 2 aromatic heterocycles. The predicted octanol–water partition coefficient (Wildman–Crippen LogP) is 1.36. The highest BCUT2D eigenvalue weighted by atomic mass is 16.5. The molecule has 3 aromatic rings. The Morgan fingerprint density at radius 1 is 1.03 bits per heavy atom. The van der Waals surface area contributed by atoms with Crippen molar-refractivity contribution in [1.29, 1.82) is 0 Å². The van der Waals surface area contributed by atoms with Crippen molar-refractivity contribution in [3.63, 3.8) is 0 Å². The fourth-order valence-corrected chi connectivity index (χ4v) is 4.44. The van der Waals surface area contributed by atoms with Gasteiger partial charge >= 0.3 is 0 Å². The van der Waals surface area contributed by atoms with E-state index in [9.17, 15) is 9.59 Å². The summed E-state index contributed by atoms with van der Waals surface area (Å²) in [4.78, 5) is 41.0. The third-order valence-corrected chi connectivity index (χ3v) is 6.19.